The van der Waals surface area contributed by atoms with Gasteiger partial charge in [0.05, 0.1) is 13.2 Å². The van der Waals surface area contributed by atoms with Crippen molar-refractivity contribution >= 4 is 23.6 Å². The maximum atomic E-state index is 11.9. The van der Waals surface area contributed by atoms with Crippen LogP contribution in [0.5, 0.6) is 0 Å². The normalized spacial score (nSPS) is 26.5. The Kier molecular flexibility index (Phi) is 4.57. The van der Waals surface area contributed by atoms with Gasteiger partial charge < -0.3 is 18.9 Å². The summed E-state index contributed by atoms with van der Waals surface area (Å²) in [6.45, 7) is 7.15. The predicted molar refractivity (Wildman–Crippen MR) is 89.8 cm³/mol. The lowest BCUT2D eigenvalue weighted by molar-refractivity contribution is 0.127. The standard InChI is InChI=1S/C17H22N2O6/c1-11-4-5-12(18-14(20)22-7-16(2)9-24-16)6-13(11)19-15(21)23-8-17(3)10-25-17/h4-6H,7-10H2,1-3H3,(H,18,20)(H,19,21). The first-order valence-electron chi connectivity index (χ1n) is 8.03. The highest BCUT2D eigenvalue weighted by Gasteiger charge is 2.41. The van der Waals surface area contributed by atoms with Crippen LogP contribution in [0.25, 0.3) is 0 Å². The van der Waals surface area contributed by atoms with E-state index in [9.17, 15) is 9.59 Å². The minimum atomic E-state index is -0.576. The predicted octanol–water partition coefficient (Wildman–Crippen LogP) is 2.67. The highest BCUT2D eigenvalue weighted by molar-refractivity contribution is 5.89. The molecule has 0 bridgehead atoms. The highest BCUT2D eigenvalue weighted by atomic mass is 16.6. The molecule has 25 heavy (non-hydrogen) atoms. The van der Waals surface area contributed by atoms with Gasteiger partial charge >= 0.3 is 12.2 Å². The molecule has 0 aliphatic carbocycles. The molecule has 2 aliphatic heterocycles. The average Bonchev–Trinajstić information content (AvgIpc) is 3.47. The van der Waals surface area contributed by atoms with Crippen LogP contribution in [0.2, 0.25) is 0 Å². The summed E-state index contributed by atoms with van der Waals surface area (Å²) >= 11 is 0. The Morgan fingerprint density at radius 2 is 1.56 bits per heavy atom. The van der Waals surface area contributed by atoms with Gasteiger partial charge in [0.1, 0.15) is 24.4 Å². The minimum Gasteiger partial charge on any atom is -0.446 e. The van der Waals surface area contributed by atoms with E-state index in [-0.39, 0.29) is 24.4 Å². The number of amides is 2. The maximum absolute atomic E-state index is 11.9. The van der Waals surface area contributed by atoms with Crippen LogP contribution in [-0.2, 0) is 18.9 Å². The molecule has 8 nitrogen and oxygen atoms in total. The molecule has 8 heteroatoms. The van der Waals surface area contributed by atoms with Crippen molar-refractivity contribution in [2.45, 2.75) is 32.0 Å². The fourth-order valence-electron chi connectivity index (χ4n) is 1.98. The quantitative estimate of drug-likeness (QED) is 0.765. The second kappa shape index (κ2) is 6.53. The molecule has 0 aromatic heterocycles. The van der Waals surface area contributed by atoms with E-state index in [1.54, 1.807) is 18.2 Å². The molecule has 1 aromatic carbocycles. The lowest BCUT2D eigenvalue weighted by atomic mass is 10.2. The van der Waals surface area contributed by atoms with E-state index in [0.717, 1.165) is 5.56 Å². The van der Waals surface area contributed by atoms with Crippen molar-refractivity contribution < 1.29 is 28.5 Å². The Hall–Kier alpha value is -2.32. The number of carbonyl (C=O) groups is 2. The summed E-state index contributed by atoms with van der Waals surface area (Å²) in [7, 11) is 0. The molecular weight excluding hydrogens is 328 g/mol. The first-order valence-corrected chi connectivity index (χ1v) is 8.03. The number of epoxide rings is 2. The van der Waals surface area contributed by atoms with Crippen LogP contribution >= 0.6 is 0 Å². The second-order valence-electron chi connectivity index (χ2n) is 6.91. The third-order valence-electron chi connectivity index (χ3n) is 4.01. The van der Waals surface area contributed by atoms with Crippen LogP contribution in [0.1, 0.15) is 19.4 Å². The zero-order valence-corrected chi connectivity index (χ0v) is 14.5. The van der Waals surface area contributed by atoms with E-state index in [2.05, 4.69) is 10.6 Å². The fourth-order valence-corrected chi connectivity index (χ4v) is 1.98. The van der Waals surface area contributed by atoms with Gasteiger partial charge in [-0.05, 0) is 38.5 Å². The molecule has 3 rings (SSSR count). The molecule has 2 atom stereocenters. The van der Waals surface area contributed by atoms with Gasteiger partial charge in [-0.1, -0.05) is 6.07 Å². The SMILES string of the molecule is Cc1ccc(NC(=O)OCC2(C)CO2)cc1NC(=O)OCC1(C)CO1. The van der Waals surface area contributed by atoms with Gasteiger partial charge in [0.2, 0.25) is 0 Å². The summed E-state index contributed by atoms with van der Waals surface area (Å²) in [5.41, 5.74) is 1.17. The molecule has 2 fully saturated rings. The number of carbonyl (C=O) groups excluding carboxylic acids is 2. The molecule has 2 amide bonds. The number of hydrogen-bond donors (Lipinski definition) is 2. The summed E-state index contributed by atoms with van der Waals surface area (Å²) in [6, 6.07) is 5.14. The Bertz CT molecular complexity index is 682. The summed E-state index contributed by atoms with van der Waals surface area (Å²) < 4.78 is 20.5. The number of hydrogen-bond acceptors (Lipinski definition) is 6. The van der Waals surface area contributed by atoms with Crippen molar-refractivity contribution in [1.29, 1.82) is 0 Å². The van der Waals surface area contributed by atoms with E-state index in [4.69, 9.17) is 18.9 Å². The van der Waals surface area contributed by atoms with E-state index in [0.29, 0.717) is 24.6 Å². The van der Waals surface area contributed by atoms with E-state index >= 15 is 0 Å². The Morgan fingerprint density at radius 1 is 1.04 bits per heavy atom. The second-order valence-corrected chi connectivity index (χ2v) is 6.91. The van der Waals surface area contributed by atoms with Gasteiger partial charge in [-0.3, -0.25) is 10.6 Å². The van der Waals surface area contributed by atoms with Gasteiger partial charge in [0.15, 0.2) is 0 Å². The van der Waals surface area contributed by atoms with Crippen LogP contribution in [0.15, 0.2) is 18.2 Å². The van der Waals surface area contributed by atoms with Gasteiger partial charge in [0.25, 0.3) is 0 Å². The van der Waals surface area contributed by atoms with Crippen molar-refractivity contribution in [3.05, 3.63) is 23.8 Å². The number of ether oxygens (including phenoxy) is 4. The third kappa shape index (κ3) is 5.07. The molecule has 2 N–H and O–H groups in total. The Balaban J connectivity index is 1.52. The highest BCUT2D eigenvalue weighted by Crippen LogP contribution is 2.27. The zero-order chi connectivity index (χ0) is 18.1. The summed E-state index contributed by atoms with van der Waals surface area (Å²) in [5.74, 6) is 0. The van der Waals surface area contributed by atoms with Gasteiger partial charge in [0, 0.05) is 11.4 Å². The van der Waals surface area contributed by atoms with Crippen LogP contribution < -0.4 is 10.6 Å². The maximum Gasteiger partial charge on any atom is 0.411 e. The van der Waals surface area contributed by atoms with E-state index in [1.165, 1.54) is 0 Å². The van der Waals surface area contributed by atoms with Crippen molar-refractivity contribution in [2.24, 2.45) is 0 Å². The molecule has 2 aliphatic rings. The van der Waals surface area contributed by atoms with Crippen LogP contribution in [-0.4, -0.2) is 49.8 Å². The summed E-state index contributed by atoms with van der Waals surface area (Å²) in [6.07, 6.45) is -1.15. The molecule has 2 unspecified atom stereocenters. The van der Waals surface area contributed by atoms with Gasteiger partial charge in [-0.2, -0.15) is 0 Å². The molecule has 0 saturated carbocycles. The summed E-state index contributed by atoms with van der Waals surface area (Å²) in [4.78, 5) is 23.7. The fraction of sp³-hybridized carbons (Fsp3) is 0.529. The van der Waals surface area contributed by atoms with Crippen molar-refractivity contribution in [3.63, 3.8) is 0 Å². The molecule has 0 spiro atoms. The summed E-state index contributed by atoms with van der Waals surface area (Å²) in [5, 5.41) is 5.28. The van der Waals surface area contributed by atoms with Crippen molar-refractivity contribution in [2.75, 3.05) is 37.1 Å². The molecule has 2 saturated heterocycles. The van der Waals surface area contributed by atoms with Crippen LogP contribution in [0.4, 0.5) is 21.0 Å². The topological polar surface area (TPSA) is 102 Å². The van der Waals surface area contributed by atoms with Crippen molar-refractivity contribution in [3.8, 4) is 0 Å². The zero-order valence-electron chi connectivity index (χ0n) is 14.5. The molecule has 2 heterocycles. The smallest absolute Gasteiger partial charge is 0.411 e. The first kappa shape index (κ1) is 17.5. The third-order valence-corrected chi connectivity index (χ3v) is 4.01. The molecule has 1 aromatic rings. The number of benzene rings is 1. The number of rotatable bonds is 6. The lowest BCUT2D eigenvalue weighted by Gasteiger charge is -2.13. The van der Waals surface area contributed by atoms with Gasteiger partial charge in [-0.15, -0.1) is 0 Å². The van der Waals surface area contributed by atoms with E-state index < -0.39 is 12.2 Å². The van der Waals surface area contributed by atoms with Crippen LogP contribution in [0, 0.1) is 6.92 Å². The Labute approximate surface area is 145 Å². The van der Waals surface area contributed by atoms with Gasteiger partial charge in [-0.25, -0.2) is 9.59 Å². The number of anilines is 2. The largest absolute Gasteiger partial charge is 0.446 e. The average molecular weight is 350 g/mol. The van der Waals surface area contributed by atoms with E-state index in [1.807, 2.05) is 20.8 Å². The monoisotopic (exact) mass is 350 g/mol. The molecular formula is C17H22N2O6. The number of aryl methyl sites for hydroxylation is 1. The van der Waals surface area contributed by atoms with Crippen LogP contribution in [0.3, 0.4) is 0 Å². The number of nitrogens with one attached hydrogen (secondary N) is 2. The first-order chi connectivity index (χ1) is 11.8. The lowest BCUT2D eigenvalue weighted by Crippen LogP contribution is -2.23. The molecule has 0 radical (unpaired) electrons. The minimum absolute atomic E-state index is 0.197. The van der Waals surface area contributed by atoms with Crippen molar-refractivity contribution in [1.82, 2.24) is 0 Å². The Morgan fingerprint density at radius 3 is 2.08 bits per heavy atom. The molecule has 136 valence electrons.